The van der Waals surface area contributed by atoms with Crippen LogP contribution in [0.15, 0.2) is 16.9 Å². The second-order valence-corrected chi connectivity index (χ2v) is 6.06. The maximum Gasteiger partial charge on any atom is 0.276 e. The molecule has 0 aromatic carbocycles. The van der Waals surface area contributed by atoms with Crippen LogP contribution < -0.4 is 5.73 Å². The zero-order valence-corrected chi connectivity index (χ0v) is 12.4. The number of nitrogens with two attached hydrogens (primary N) is 1. The number of aromatic nitrogens is 1. The second-order valence-electron chi connectivity index (χ2n) is 6.06. The van der Waals surface area contributed by atoms with Gasteiger partial charge in [-0.25, -0.2) is 0 Å². The van der Waals surface area contributed by atoms with E-state index in [1.165, 1.54) is 6.26 Å². The Bertz CT molecular complexity index is 523. The number of carbonyl (C=O) groups excluding carboxylic acids is 2. The molecule has 0 radical (unpaired) electrons. The van der Waals surface area contributed by atoms with Crippen molar-refractivity contribution in [1.82, 2.24) is 10.1 Å². The number of hydrogen-bond donors (Lipinski definition) is 1. The van der Waals surface area contributed by atoms with E-state index in [0.717, 1.165) is 25.7 Å². The van der Waals surface area contributed by atoms with Gasteiger partial charge in [0.05, 0.1) is 12.0 Å². The van der Waals surface area contributed by atoms with Crippen LogP contribution in [0.3, 0.4) is 0 Å². The minimum Gasteiger partial charge on any atom is -0.377 e. The van der Waals surface area contributed by atoms with E-state index in [-0.39, 0.29) is 23.8 Å². The van der Waals surface area contributed by atoms with E-state index in [1.807, 2.05) is 0 Å². The van der Waals surface area contributed by atoms with Crippen LogP contribution in [0.2, 0.25) is 0 Å². The molecule has 0 spiro atoms. The summed E-state index contributed by atoms with van der Waals surface area (Å²) in [4.78, 5) is 25.4. The molecular weight excluding hydrogens is 286 g/mol. The van der Waals surface area contributed by atoms with Gasteiger partial charge in [0.25, 0.3) is 5.91 Å². The van der Waals surface area contributed by atoms with E-state index in [4.69, 9.17) is 15.0 Å². The van der Waals surface area contributed by atoms with Gasteiger partial charge >= 0.3 is 0 Å². The predicted molar refractivity (Wildman–Crippen MR) is 76.8 cm³/mol. The fourth-order valence-electron chi connectivity index (χ4n) is 3.39. The van der Waals surface area contributed by atoms with Crippen molar-refractivity contribution >= 4 is 11.8 Å². The summed E-state index contributed by atoms with van der Waals surface area (Å²) in [5.74, 6) is -0.0402. The molecule has 2 atom stereocenters. The van der Waals surface area contributed by atoms with E-state index in [9.17, 15) is 9.59 Å². The Morgan fingerprint density at radius 2 is 2.09 bits per heavy atom. The van der Waals surface area contributed by atoms with Gasteiger partial charge in [-0.1, -0.05) is 5.16 Å². The highest BCUT2D eigenvalue weighted by atomic mass is 16.5. The van der Waals surface area contributed by atoms with Crippen molar-refractivity contribution in [2.45, 2.75) is 31.8 Å². The lowest BCUT2D eigenvalue weighted by Crippen LogP contribution is -2.40. The topological polar surface area (TPSA) is 98.7 Å². The molecule has 7 nitrogen and oxygen atoms in total. The van der Waals surface area contributed by atoms with E-state index < -0.39 is 0 Å². The summed E-state index contributed by atoms with van der Waals surface area (Å²) in [7, 11) is 0. The summed E-state index contributed by atoms with van der Waals surface area (Å²) >= 11 is 0. The van der Waals surface area contributed by atoms with Crippen LogP contribution in [0.1, 0.15) is 36.2 Å². The Hall–Kier alpha value is -1.89. The quantitative estimate of drug-likeness (QED) is 0.887. The number of rotatable bonds is 4. The Morgan fingerprint density at radius 1 is 1.32 bits per heavy atom. The molecule has 120 valence electrons. The van der Waals surface area contributed by atoms with Crippen molar-refractivity contribution < 1.29 is 18.8 Å². The number of amides is 2. The Balaban J connectivity index is 1.50. The van der Waals surface area contributed by atoms with E-state index in [2.05, 4.69) is 5.16 Å². The fourth-order valence-corrected chi connectivity index (χ4v) is 3.39. The van der Waals surface area contributed by atoms with Crippen molar-refractivity contribution in [3.63, 3.8) is 0 Å². The molecular formula is C15H21N3O4. The van der Waals surface area contributed by atoms with Gasteiger partial charge in [0.2, 0.25) is 5.91 Å². The van der Waals surface area contributed by atoms with Crippen LogP contribution in [0.25, 0.3) is 0 Å². The highest BCUT2D eigenvalue weighted by molar-refractivity contribution is 5.92. The summed E-state index contributed by atoms with van der Waals surface area (Å²) < 4.78 is 10.4. The molecule has 3 heterocycles. The van der Waals surface area contributed by atoms with Gasteiger partial charge in [0.1, 0.15) is 6.26 Å². The van der Waals surface area contributed by atoms with Crippen molar-refractivity contribution in [2.75, 3.05) is 19.7 Å². The number of likely N-dealkylation sites (tertiary alicyclic amines) is 1. The number of hydrogen-bond acceptors (Lipinski definition) is 5. The number of primary amides is 1. The van der Waals surface area contributed by atoms with Crippen LogP contribution in [-0.4, -0.2) is 47.7 Å². The van der Waals surface area contributed by atoms with Gasteiger partial charge in [0, 0.05) is 25.8 Å². The molecule has 2 saturated heterocycles. The molecule has 2 fully saturated rings. The number of carbonyl (C=O) groups is 2. The third-order valence-electron chi connectivity index (χ3n) is 4.70. The molecule has 0 bridgehead atoms. The third kappa shape index (κ3) is 3.14. The van der Waals surface area contributed by atoms with Crippen LogP contribution in [0.5, 0.6) is 0 Å². The molecule has 0 saturated carbocycles. The smallest absolute Gasteiger partial charge is 0.276 e. The van der Waals surface area contributed by atoms with Crippen molar-refractivity contribution in [2.24, 2.45) is 17.6 Å². The lowest BCUT2D eigenvalue weighted by Gasteiger charge is -2.33. The monoisotopic (exact) mass is 307 g/mol. The molecule has 0 unspecified atom stereocenters. The Labute approximate surface area is 128 Å². The highest BCUT2D eigenvalue weighted by Crippen LogP contribution is 2.30. The lowest BCUT2D eigenvalue weighted by atomic mass is 9.86. The van der Waals surface area contributed by atoms with Gasteiger partial charge in [0.15, 0.2) is 5.69 Å². The van der Waals surface area contributed by atoms with Crippen molar-refractivity contribution in [3.8, 4) is 0 Å². The number of piperidine rings is 1. The molecule has 2 aliphatic rings. The molecule has 2 aliphatic heterocycles. The van der Waals surface area contributed by atoms with Crippen LogP contribution >= 0.6 is 0 Å². The Morgan fingerprint density at radius 3 is 2.73 bits per heavy atom. The first-order chi connectivity index (χ1) is 10.6. The highest BCUT2D eigenvalue weighted by Gasteiger charge is 2.35. The Kier molecular flexibility index (Phi) is 4.42. The zero-order chi connectivity index (χ0) is 15.5. The summed E-state index contributed by atoms with van der Waals surface area (Å²) in [6.45, 7) is 2.01. The molecule has 7 heteroatoms. The van der Waals surface area contributed by atoms with Crippen molar-refractivity contribution in [3.05, 3.63) is 18.0 Å². The average molecular weight is 307 g/mol. The summed E-state index contributed by atoms with van der Waals surface area (Å²) in [6.07, 6.45) is 4.74. The summed E-state index contributed by atoms with van der Waals surface area (Å²) in [6, 6.07) is 1.58. The summed E-state index contributed by atoms with van der Waals surface area (Å²) in [5.41, 5.74) is 5.77. The van der Waals surface area contributed by atoms with Gasteiger partial charge in [-0.3, -0.25) is 9.59 Å². The van der Waals surface area contributed by atoms with E-state index >= 15 is 0 Å². The number of nitrogens with zero attached hydrogens (tertiary/aromatic N) is 2. The van der Waals surface area contributed by atoms with Crippen LogP contribution in [0.4, 0.5) is 0 Å². The van der Waals surface area contributed by atoms with Gasteiger partial charge in [-0.15, -0.1) is 0 Å². The fraction of sp³-hybridized carbons (Fsp3) is 0.667. The molecule has 22 heavy (non-hydrogen) atoms. The second kappa shape index (κ2) is 6.48. The standard InChI is InChI=1S/C15H21N3O4/c16-14(19)11-3-7-21-13(11)9-10-1-5-18(6-2-10)15(20)12-4-8-22-17-12/h4,8,10-11,13H,1-3,5-7,9H2,(H2,16,19)/t11-,13-/m1/s1. The molecule has 3 rings (SSSR count). The summed E-state index contributed by atoms with van der Waals surface area (Å²) in [5, 5.41) is 3.69. The first-order valence-corrected chi connectivity index (χ1v) is 7.75. The van der Waals surface area contributed by atoms with E-state index in [1.54, 1.807) is 11.0 Å². The SMILES string of the molecule is NC(=O)[C@@H]1CCO[C@@H]1CC1CCN(C(=O)c2ccon2)CC1. The lowest BCUT2D eigenvalue weighted by molar-refractivity contribution is -0.123. The van der Waals surface area contributed by atoms with Gasteiger partial charge < -0.3 is 19.9 Å². The van der Waals surface area contributed by atoms with Crippen molar-refractivity contribution in [1.29, 1.82) is 0 Å². The van der Waals surface area contributed by atoms with Crippen LogP contribution in [-0.2, 0) is 9.53 Å². The minimum absolute atomic E-state index is 0.0553. The average Bonchev–Trinajstić information content (AvgIpc) is 3.18. The molecule has 2 amide bonds. The predicted octanol–water partition coefficient (Wildman–Crippen LogP) is 0.807. The van der Waals surface area contributed by atoms with Crippen LogP contribution in [0, 0.1) is 11.8 Å². The van der Waals surface area contributed by atoms with E-state index in [0.29, 0.717) is 31.3 Å². The van der Waals surface area contributed by atoms with Gasteiger partial charge in [-0.2, -0.15) is 0 Å². The maximum atomic E-state index is 12.2. The first kappa shape index (κ1) is 15.0. The third-order valence-corrected chi connectivity index (χ3v) is 4.70. The zero-order valence-electron chi connectivity index (χ0n) is 12.4. The molecule has 1 aromatic rings. The molecule has 2 N–H and O–H groups in total. The maximum absolute atomic E-state index is 12.2. The van der Waals surface area contributed by atoms with Gasteiger partial charge in [-0.05, 0) is 31.6 Å². The first-order valence-electron chi connectivity index (χ1n) is 7.75. The number of ether oxygens (including phenoxy) is 1. The minimum atomic E-state index is -0.263. The molecule has 1 aromatic heterocycles. The largest absolute Gasteiger partial charge is 0.377 e. The molecule has 0 aliphatic carbocycles. The normalized spacial score (nSPS) is 26.3.